The number of imidazole rings is 1. The van der Waals surface area contributed by atoms with Crippen molar-refractivity contribution >= 4 is 23.1 Å². The minimum Gasteiger partial charge on any atom is -0.475 e. The third kappa shape index (κ3) is 1.15. The Bertz CT molecular complexity index is 519. The molecule has 14 heavy (non-hydrogen) atoms. The van der Waals surface area contributed by atoms with Gasteiger partial charge in [0.2, 0.25) is 5.82 Å². The normalized spacial score (nSPS) is 10.7. The van der Waals surface area contributed by atoms with Crippen LogP contribution in [-0.4, -0.2) is 20.5 Å². The minimum absolute atomic E-state index is 0.0139. The maximum atomic E-state index is 10.8. The molecule has 2 heterocycles. The monoisotopic (exact) mass is 210 g/mol. The van der Waals surface area contributed by atoms with Gasteiger partial charge in [0.15, 0.2) is 0 Å². The molecule has 0 aliphatic carbocycles. The van der Waals surface area contributed by atoms with E-state index in [4.69, 9.17) is 16.7 Å². The van der Waals surface area contributed by atoms with Crippen molar-refractivity contribution in [1.29, 1.82) is 0 Å². The first-order valence-electron chi connectivity index (χ1n) is 3.97. The Kier molecular flexibility index (Phi) is 1.93. The number of carboxylic acid groups (broad SMARTS) is 1. The van der Waals surface area contributed by atoms with E-state index in [-0.39, 0.29) is 5.82 Å². The lowest BCUT2D eigenvalue weighted by molar-refractivity contribution is 0.0682. The van der Waals surface area contributed by atoms with E-state index in [0.717, 1.165) is 0 Å². The summed E-state index contributed by atoms with van der Waals surface area (Å²) in [7, 11) is 0. The molecule has 5 heteroatoms. The number of halogens is 1. The van der Waals surface area contributed by atoms with Gasteiger partial charge in [0, 0.05) is 6.20 Å². The van der Waals surface area contributed by atoms with Crippen LogP contribution in [0, 0.1) is 6.92 Å². The van der Waals surface area contributed by atoms with Gasteiger partial charge < -0.3 is 5.11 Å². The summed E-state index contributed by atoms with van der Waals surface area (Å²) in [5, 5.41) is 9.37. The van der Waals surface area contributed by atoms with Crippen molar-refractivity contribution in [3.63, 3.8) is 0 Å². The molecular formula is C9H7ClN2O2. The Hall–Kier alpha value is -1.55. The second-order valence-electron chi connectivity index (χ2n) is 2.90. The van der Waals surface area contributed by atoms with Crippen LogP contribution < -0.4 is 0 Å². The molecule has 0 saturated carbocycles. The zero-order valence-corrected chi connectivity index (χ0v) is 8.12. The van der Waals surface area contributed by atoms with Crippen molar-refractivity contribution in [1.82, 2.24) is 9.38 Å². The number of aromatic carboxylic acids is 1. The number of carboxylic acids is 1. The summed E-state index contributed by atoms with van der Waals surface area (Å²) in [6, 6.07) is 3.39. The van der Waals surface area contributed by atoms with Crippen LogP contribution >= 0.6 is 11.6 Å². The molecule has 0 fully saturated rings. The molecule has 0 unspecified atom stereocenters. The fourth-order valence-corrected chi connectivity index (χ4v) is 1.72. The molecule has 0 radical (unpaired) electrons. The second-order valence-corrected chi connectivity index (χ2v) is 3.31. The third-order valence-corrected chi connectivity index (χ3v) is 2.29. The summed E-state index contributed by atoms with van der Waals surface area (Å²) in [5.74, 6) is -1.07. The van der Waals surface area contributed by atoms with Gasteiger partial charge in [0.25, 0.3) is 0 Å². The van der Waals surface area contributed by atoms with E-state index >= 15 is 0 Å². The van der Waals surface area contributed by atoms with Gasteiger partial charge in [-0.15, -0.1) is 0 Å². The highest BCUT2D eigenvalue weighted by Gasteiger charge is 2.15. The van der Waals surface area contributed by atoms with E-state index in [1.165, 1.54) is 4.40 Å². The smallest absolute Gasteiger partial charge is 0.372 e. The lowest BCUT2D eigenvalue weighted by Crippen LogP contribution is -2.03. The van der Waals surface area contributed by atoms with Crippen molar-refractivity contribution in [2.45, 2.75) is 6.92 Å². The number of aromatic nitrogens is 2. The summed E-state index contributed by atoms with van der Waals surface area (Å²) >= 11 is 5.93. The Labute approximate surface area is 84.8 Å². The zero-order valence-electron chi connectivity index (χ0n) is 7.36. The van der Waals surface area contributed by atoms with Crippen LogP contribution in [0.4, 0.5) is 0 Å². The summed E-state index contributed by atoms with van der Waals surface area (Å²) in [6.45, 7) is 1.73. The van der Waals surface area contributed by atoms with Crippen molar-refractivity contribution < 1.29 is 9.90 Å². The minimum atomic E-state index is -1.06. The summed E-state index contributed by atoms with van der Waals surface area (Å²) in [6.07, 6.45) is 1.63. The van der Waals surface area contributed by atoms with Crippen LogP contribution in [0.15, 0.2) is 18.3 Å². The Morgan fingerprint density at radius 1 is 1.64 bits per heavy atom. The number of hydrogen-bond donors (Lipinski definition) is 1. The molecule has 2 aromatic rings. The van der Waals surface area contributed by atoms with E-state index in [0.29, 0.717) is 16.2 Å². The van der Waals surface area contributed by atoms with Gasteiger partial charge in [0.1, 0.15) is 0 Å². The number of rotatable bonds is 1. The lowest BCUT2D eigenvalue weighted by Gasteiger charge is -1.97. The van der Waals surface area contributed by atoms with E-state index in [1.807, 2.05) is 0 Å². The molecule has 72 valence electrons. The van der Waals surface area contributed by atoms with Gasteiger partial charge >= 0.3 is 5.97 Å². The van der Waals surface area contributed by atoms with Crippen molar-refractivity contribution in [2.75, 3.05) is 0 Å². The average Bonchev–Trinajstić information content (AvgIpc) is 2.45. The highest BCUT2D eigenvalue weighted by atomic mass is 35.5. The van der Waals surface area contributed by atoms with Crippen molar-refractivity contribution in [2.24, 2.45) is 0 Å². The summed E-state index contributed by atoms with van der Waals surface area (Å²) in [4.78, 5) is 14.7. The van der Waals surface area contributed by atoms with Gasteiger partial charge in [0.05, 0.1) is 16.2 Å². The van der Waals surface area contributed by atoms with Crippen LogP contribution in [0.25, 0.3) is 5.52 Å². The number of nitrogens with zero attached hydrogens (tertiary/aromatic N) is 2. The molecule has 1 N–H and O–H groups in total. The molecule has 4 nitrogen and oxygen atoms in total. The molecule has 0 aliphatic heterocycles. The summed E-state index contributed by atoms with van der Waals surface area (Å²) in [5.41, 5.74) is 1.26. The highest BCUT2D eigenvalue weighted by Crippen LogP contribution is 2.21. The topological polar surface area (TPSA) is 54.6 Å². The van der Waals surface area contributed by atoms with E-state index < -0.39 is 5.97 Å². The van der Waals surface area contributed by atoms with Crippen molar-refractivity contribution in [3.05, 3.63) is 34.9 Å². The molecule has 0 aliphatic rings. The summed E-state index contributed by atoms with van der Waals surface area (Å²) < 4.78 is 1.47. The SMILES string of the molecule is Cc1nc(C(=O)O)n2cccc(Cl)c12. The molecule has 0 aromatic carbocycles. The highest BCUT2D eigenvalue weighted by molar-refractivity contribution is 6.34. The molecule has 2 rings (SSSR count). The molecule has 2 aromatic heterocycles. The quantitative estimate of drug-likeness (QED) is 0.783. The van der Waals surface area contributed by atoms with E-state index in [1.54, 1.807) is 25.3 Å². The zero-order chi connectivity index (χ0) is 10.3. The predicted octanol–water partition coefficient (Wildman–Crippen LogP) is 1.99. The van der Waals surface area contributed by atoms with Crippen LogP contribution in [0.2, 0.25) is 5.02 Å². The molecule has 0 saturated heterocycles. The van der Waals surface area contributed by atoms with Gasteiger partial charge in [-0.3, -0.25) is 4.40 Å². The second kappa shape index (κ2) is 2.99. The molecular weight excluding hydrogens is 204 g/mol. The predicted molar refractivity (Wildman–Crippen MR) is 51.9 cm³/mol. The molecule has 0 amide bonds. The Morgan fingerprint density at radius 2 is 2.36 bits per heavy atom. The molecule has 0 bridgehead atoms. The third-order valence-electron chi connectivity index (χ3n) is 1.98. The van der Waals surface area contributed by atoms with E-state index in [2.05, 4.69) is 4.98 Å². The molecule has 0 spiro atoms. The average molecular weight is 211 g/mol. The van der Waals surface area contributed by atoms with Crippen LogP contribution in [0.3, 0.4) is 0 Å². The fraction of sp³-hybridized carbons (Fsp3) is 0.111. The maximum Gasteiger partial charge on any atom is 0.372 e. The van der Waals surface area contributed by atoms with Crippen molar-refractivity contribution in [3.8, 4) is 0 Å². The van der Waals surface area contributed by atoms with Gasteiger partial charge in [-0.25, -0.2) is 9.78 Å². The van der Waals surface area contributed by atoms with Gasteiger partial charge in [-0.1, -0.05) is 11.6 Å². The first-order valence-corrected chi connectivity index (χ1v) is 4.35. The number of hydrogen-bond acceptors (Lipinski definition) is 2. The first kappa shape index (κ1) is 9.02. The Morgan fingerprint density at radius 3 is 3.00 bits per heavy atom. The number of pyridine rings is 1. The van der Waals surface area contributed by atoms with Gasteiger partial charge in [-0.05, 0) is 19.1 Å². The fourth-order valence-electron chi connectivity index (χ4n) is 1.42. The number of fused-ring (bicyclic) bond motifs is 1. The largest absolute Gasteiger partial charge is 0.475 e. The van der Waals surface area contributed by atoms with Gasteiger partial charge in [-0.2, -0.15) is 0 Å². The number of carbonyl (C=O) groups is 1. The number of aryl methyl sites for hydroxylation is 1. The first-order chi connectivity index (χ1) is 6.61. The Balaban J connectivity index is 2.91. The van der Waals surface area contributed by atoms with E-state index in [9.17, 15) is 4.79 Å². The standard InChI is InChI=1S/C9H7ClN2O2/c1-5-7-6(10)3-2-4-12(7)8(11-5)9(13)14/h2-4H,1H3,(H,13,14). The lowest BCUT2D eigenvalue weighted by atomic mass is 10.3. The van der Waals surface area contributed by atoms with Crippen LogP contribution in [-0.2, 0) is 0 Å². The van der Waals surface area contributed by atoms with Crippen LogP contribution in [0.5, 0.6) is 0 Å². The maximum absolute atomic E-state index is 10.8. The van der Waals surface area contributed by atoms with Crippen LogP contribution in [0.1, 0.15) is 16.3 Å². The molecule has 0 atom stereocenters.